The maximum atomic E-state index is 11.8. The van der Waals surface area contributed by atoms with Crippen LogP contribution < -0.4 is 5.32 Å². The summed E-state index contributed by atoms with van der Waals surface area (Å²) in [7, 11) is 1.97. The van der Waals surface area contributed by atoms with Crippen LogP contribution in [0.5, 0.6) is 0 Å². The average molecular weight is 248 g/mol. The molecule has 1 saturated heterocycles. The van der Waals surface area contributed by atoms with Gasteiger partial charge in [0.2, 0.25) is 0 Å². The number of amides is 1. The predicted octanol–water partition coefficient (Wildman–Crippen LogP) is 2.01. The molecule has 1 fully saturated rings. The van der Waals surface area contributed by atoms with Crippen LogP contribution in [-0.2, 0) is 11.3 Å². The van der Waals surface area contributed by atoms with E-state index in [0.717, 1.165) is 31.5 Å². The van der Waals surface area contributed by atoms with Crippen LogP contribution in [0.4, 0.5) is 4.79 Å². The van der Waals surface area contributed by atoms with Crippen LogP contribution in [0.1, 0.15) is 18.4 Å². The number of rotatable bonds is 3. The Morgan fingerprint density at radius 2 is 2.00 bits per heavy atom. The van der Waals surface area contributed by atoms with Gasteiger partial charge >= 0.3 is 6.09 Å². The first-order valence-corrected chi connectivity index (χ1v) is 6.42. The molecule has 1 aromatic carbocycles. The molecule has 4 nitrogen and oxygen atoms in total. The minimum absolute atomic E-state index is 0.201. The zero-order chi connectivity index (χ0) is 12.8. The predicted molar refractivity (Wildman–Crippen MR) is 70.3 cm³/mol. The third-order valence-corrected chi connectivity index (χ3v) is 3.37. The Morgan fingerprint density at radius 1 is 1.33 bits per heavy atom. The highest BCUT2D eigenvalue weighted by molar-refractivity contribution is 5.67. The van der Waals surface area contributed by atoms with Crippen molar-refractivity contribution in [2.24, 2.45) is 0 Å². The molecule has 0 radical (unpaired) electrons. The van der Waals surface area contributed by atoms with Crippen molar-refractivity contribution in [1.82, 2.24) is 10.2 Å². The van der Waals surface area contributed by atoms with Gasteiger partial charge in [-0.2, -0.15) is 0 Å². The van der Waals surface area contributed by atoms with Gasteiger partial charge in [-0.05, 0) is 25.5 Å². The van der Waals surface area contributed by atoms with Gasteiger partial charge in [-0.3, -0.25) is 0 Å². The van der Waals surface area contributed by atoms with E-state index in [9.17, 15) is 4.79 Å². The second-order valence-electron chi connectivity index (χ2n) is 4.59. The summed E-state index contributed by atoms with van der Waals surface area (Å²) in [5.74, 6) is 0. The Labute approximate surface area is 108 Å². The molecule has 0 atom stereocenters. The highest BCUT2D eigenvalue weighted by Crippen LogP contribution is 2.12. The Morgan fingerprint density at radius 3 is 2.61 bits per heavy atom. The summed E-state index contributed by atoms with van der Waals surface area (Å²) in [6, 6.07) is 10.3. The van der Waals surface area contributed by atoms with Gasteiger partial charge in [0.05, 0.1) is 0 Å². The summed E-state index contributed by atoms with van der Waals surface area (Å²) in [5, 5.41) is 3.24. The number of hydrogen-bond donors (Lipinski definition) is 1. The second kappa shape index (κ2) is 6.40. The van der Waals surface area contributed by atoms with Crippen molar-refractivity contribution < 1.29 is 9.53 Å². The molecule has 0 unspecified atom stereocenters. The molecule has 1 aromatic rings. The zero-order valence-electron chi connectivity index (χ0n) is 10.8. The second-order valence-corrected chi connectivity index (χ2v) is 4.59. The molecule has 1 aliphatic rings. The average Bonchev–Trinajstić information content (AvgIpc) is 2.46. The molecule has 4 heteroatoms. The molecule has 1 N–H and O–H groups in total. The molecule has 1 amide bonds. The number of carbonyl (C=O) groups is 1. The van der Waals surface area contributed by atoms with Gasteiger partial charge in [-0.1, -0.05) is 30.3 Å². The summed E-state index contributed by atoms with van der Waals surface area (Å²) in [6.07, 6.45) is 1.79. The number of piperidine rings is 1. The molecule has 0 spiro atoms. The molecule has 0 bridgehead atoms. The van der Waals surface area contributed by atoms with Crippen molar-refractivity contribution in [2.75, 3.05) is 20.1 Å². The van der Waals surface area contributed by atoms with Crippen LogP contribution in [0.3, 0.4) is 0 Å². The minimum Gasteiger partial charge on any atom is -0.445 e. The van der Waals surface area contributed by atoms with E-state index in [4.69, 9.17) is 4.74 Å². The van der Waals surface area contributed by atoms with E-state index >= 15 is 0 Å². The number of ether oxygens (including phenoxy) is 1. The quantitative estimate of drug-likeness (QED) is 0.889. The van der Waals surface area contributed by atoms with Gasteiger partial charge in [-0.15, -0.1) is 0 Å². The van der Waals surface area contributed by atoms with Crippen LogP contribution in [0.15, 0.2) is 30.3 Å². The lowest BCUT2D eigenvalue weighted by Gasteiger charge is -2.31. The third kappa shape index (κ3) is 3.47. The fourth-order valence-corrected chi connectivity index (χ4v) is 2.16. The maximum absolute atomic E-state index is 11.8. The third-order valence-electron chi connectivity index (χ3n) is 3.37. The van der Waals surface area contributed by atoms with Crippen molar-refractivity contribution in [3.8, 4) is 0 Å². The summed E-state index contributed by atoms with van der Waals surface area (Å²) in [5.41, 5.74) is 1.02. The molecule has 1 aliphatic heterocycles. The van der Waals surface area contributed by atoms with E-state index in [1.54, 1.807) is 4.90 Å². The van der Waals surface area contributed by atoms with Gasteiger partial charge in [0.25, 0.3) is 0 Å². The Bertz CT molecular complexity index is 373. The first-order chi connectivity index (χ1) is 8.79. The standard InChI is InChI=1S/C14H20N2O2/c1-15-13-7-9-16(10-8-13)14(17)18-11-12-5-3-2-4-6-12/h2-6,13,15H,7-11H2,1H3. The Kier molecular flexibility index (Phi) is 4.59. The van der Waals surface area contributed by atoms with Crippen LogP contribution >= 0.6 is 0 Å². The molecule has 18 heavy (non-hydrogen) atoms. The molecule has 0 aromatic heterocycles. The highest BCUT2D eigenvalue weighted by Gasteiger charge is 2.22. The largest absolute Gasteiger partial charge is 0.445 e. The minimum atomic E-state index is -0.201. The lowest BCUT2D eigenvalue weighted by Crippen LogP contribution is -2.44. The summed E-state index contributed by atoms with van der Waals surface area (Å²) in [4.78, 5) is 13.6. The van der Waals surface area contributed by atoms with Gasteiger partial charge < -0.3 is 15.0 Å². The van der Waals surface area contributed by atoms with Crippen molar-refractivity contribution in [3.63, 3.8) is 0 Å². The normalized spacial score (nSPS) is 16.6. The Hall–Kier alpha value is -1.55. The summed E-state index contributed by atoms with van der Waals surface area (Å²) in [6.45, 7) is 1.91. The molecule has 2 rings (SSSR count). The van der Waals surface area contributed by atoms with Crippen LogP contribution in [0.25, 0.3) is 0 Å². The number of nitrogens with zero attached hydrogens (tertiary/aromatic N) is 1. The molecular formula is C14H20N2O2. The van der Waals surface area contributed by atoms with Gasteiger partial charge in [0.15, 0.2) is 0 Å². The number of likely N-dealkylation sites (tertiary alicyclic amines) is 1. The van der Waals surface area contributed by atoms with Crippen molar-refractivity contribution >= 4 is 6.09 Å². The number of nitrogens with one attached hydrogen (secondary N) is 1. The van der Waals surface area contributed by atoms with Crippen molar-refractivity contribution in [3.05, 3.63) is 35.9 Å². The topological polar surface area (TPSA) is 41.6 Å². The fourth-order valence-electron chi connectivity index (χ4n) is 2.16. The van der Waals surface area contributed by atoms with Gasteiger partial charge in [-0.25, -0.2) is 4.79 Å². The van der Waals surface area contributed by atoms with Crippen LogP contribution in [0, 0.1) is 0 Å². The monoisotopic (exact) mass is 248 g/mol. The van der Waals surface area contributed by atoms with E-state index < -0.39 is 0 Å². The van der Waals surface area contributed by atoms with Crippen LogP contribution in [-0.4, -0.2) is 37.2 Å². The van der Waals surface area contributed by atoms with E-state index in [1.165, 1.54) is 0 Å². The lowest BCUT2D eigenvalue weighted by atomic mass is 10.1. The fraction of sp³-hybridized carbons (Fsp3) is 0.500. The van der Waals surface area contributed by atoms with Crippen molar-refractivity contribution in [2.45, 2.75) is 25.5 Å². The van der Waals surface area contributed by atoms with Crippen LogP contribution in [0.2, 0.25) is 0 Å². The summed E-state index contributed by atoms with van der Waals surface area (Å²) < 4.78 is 5.30. The highest BCUT2D eigenvalue weighted by atomic mass is 16.6. The van der Waals surface area contributed by atoms with Gasteiger partial charge in [0.1, 0.15) is 6.61 Å². The molecule has 98 valence electrons. The SMILES string of the molecule is CNC1CCN(C(=O)OCc2ccccc2)CC1. The number of carbonyl (C=O) groups excluding carboxylic acids is 1. The number of benzene rings is 1. The van der Waals surface area contributed by atoms with Gasteiger partial charge in [0, 0.05) is 19.1 Å². The smallest absolute Gasteiger partial charge is 0.410 e. The molecular weight excluding hydrogens is 228 g/mol. The lowest BCUT2D eigenvalue weighted by molar-refractivity contribution is 0.0858. The molecule has 1 heterocycles. The maximum Gasteiger partial charge on any atom is 0.410 e. The molecule has 0 aliphatic carbocycles. The van der Waals surface area contributed by atoms with Crippen molar-refractivity contribution in [1.29, 1.82) is 0 Å². The van der Waals surface area contributed by atoms with E-state index in [-0.39, 0.29) is 6.09 Å². The number of hydrogen-bond acceptors (Lipinski definition) is 3. The Balaban J connectivity index is 1.75. The molecule has 0 saturated carbocycles. The van der Waals surface area contributed by atoms with E-state index in [2.05, 4.69) is 5.32 Å². The zero-order valence-corrected chi connectivity index (χ0v) is 10.8. The first-order valence-electron chi connectivity index (χ1n) is 6.42. The first kappa shape index (κ1) is 12.9. The van der Waals surface area contributed by atoms with E-state index in [0.29, 0.717) is 12.6 Å². The van der Waals surface area contributed by atoms with E-state index in [1.807, 2.05) is 37.4 Å². The summed E-state index contributed by atoms with van der Waals surface area (Å²) >= 11 is 0.